The summed E-state index contributed by atoms with van der Waals surface area (Å²) >= 11 is 0. The Morgan fingerprint density at radius 1 is 1.03 bits per heavy atom. The third-order valence-electron chi connectivity index (χ3n) is 5.92. The molecule has 2 saturated heterocycles. The minimum Gasteiger partial charge on any atom is -0.405 e. The van der Waals surface area contributed by atoms with Crippen LogP contribution in [0.25, 0.3) is 0 Å². The third kappa shape index (κ3) is 4.84. The number of alkyl halides is 3. The fraction of sp³-hybridized carbons (Fsp3) is 0.391. The van der Waals surface area contributed by atoms with E-state index in [1.807, 2.05) is 35.2 Å². The van der Waals surface area contributed by atoms with E-state index in [0.29, 0.717) is 26.1 Å². The zero-order valence-corrected chi connectivity index (χ0v) is 16.8. The molecule has 2 amide bonds. The summed E-state index contributed by atoms with van der Waals surface area (Å²) < 4.78 is 42.3. The van der Waals surface area contributed by atoms with Crippen LogP contribution in [-0.2, 0) is 11.3 Å². The van der Waals surface area contributed by atoms with E-state index < -0.39 is 18.0 Å². The van der Waals surface area contributed by atoms with Gasteiger partial charge in [0.1, 0.15) is 5.75 Å². The summed E-state index contributed by atoms with van der Waals surface area (Å²) in [4.78, 5) is 29.3. The van der Waals surface area contributed by atoms with Gasteiger partial charge in [-0.2, -0.15) is 0 Å². The number of para-hydroxylation sites is 1. The largest absolute Gasteiger partial charge is 0.573 e. The molecule has 31 heavy (non-hydrogen) atoms. The summed E-state index contributed by atoms with van der Waals surface area (Å²) in [5.41, 5.74) is 0.877. The number of likely N-dealkylation sites (tertiary alicyclic amines) is 2. The van der Waals surface area contributed by atoms with Crippen molar-refractivity contribution in [2.24, 2.45) is 5.92 Å². The molecule has 0 saturated carbocycles. The number of carbonyl (C=O) groups is 2. The van der Waals surface area contributed by atoms with Gasteiger partial charge in [0.05, 0.1) is 11.6 Å². The minimum absolute atomic E-state index is 0.0476. The molecule has 0 aromatic heterocycles. The van der Waals surface area contributed by atoms with Crippen molar-refractivity contribution in [2.75, 3.05) is 13.1 Å². The number of ether oxygens (including phenoxy) is 1. The Hall–Kier alpha value is -3.03. The number of fused-ring (bicyclic) bond motifs is 1. The molecule has 2 fully saturated rings. The molecule has 0 N–H and O–H groups in total. The molecule has 2 aliphatic heterocycles. The summed E-state index contributed by atoms with van der Waals surface area (Å²) in [5.74, 6) is -0.884. The maximum atomic E-state index is 13.1. The Balaban J connectivity index is 1.55. The lowest BCUT2D eigenvalue weighted by Crippen LogP contribution is -2.43. The Morgan fingerprint density at radius 2 is 1.74 bits per heavy atom. The van der Waals surface area contributed by atoms with Crippen LogP contribution < -0.4 is 4.74 Å². The molecule has 5 nitrogen and oxygen atoms in total. The van der Waals surface area contributed by atoms with Crippen LogP contribution in [0.1, 0.15) is 35.2 Å². The first-order valence-electron chi connectivity index (χ1n) is 10.3. The van der Waals surface area contributed by atoms with E-state index in [9.17, 15) is 22.8 Å². The molecular weight excluding hydrogens is 409 g/mol. The van der Waals surface area contributed by atoms with Gasteiger partial charge < -0.3 is 14.5 Å². The first-order chi connectivity index (χ1) is 14.8. The highest BCUT2D eigenvalue weighted by Gasteiger charge is 2.42. The van der Waals surface area contributed by atoms with E-state index in [1.54, 1.807) is 4.90 Å². The van der Waals surface area contributed by atoms with Crippen molar-refractivity contribution in [1.29, 1.82) is 0 Å². The van der Waals surface area contributed by atoms with E-state index in [4.69, 9.17) is 0 Å². The molecule has 164 valence electrons. The predicted octanol–water partition coefficient (Wildman–Crippen LogP) is 4.24. The van der Waals surface area contributed by atoms with Crippen LogP contribution >= 0.6 is 0 Å². The third-order valence-corrected chi connectivity index (χ3v) is 5.92. The predicted molar refractivity (Wildman–Crippen MR) is 107 cm³/mol. The zero-order valence-electron chi connectivity index (χ0n) is 16.8. The number of nitrogens with zero attached hydrogens (tertiary/aromatic N) is 2. The van der Waals surface area contributed by atoms with E-state index in [2.05, 4.69) is 4.74 Å². The van der Waals surface area contributed by atoms with E-state index >= 15 is 0 Å². The Labute approximate surface area is 178 Å². The monoisotopic (exact) mass is 432 g/mol. The van der Waals surface area contributed by atoms with Gasteiger partial charge in [-0.1, -0.05) is 42.5 Å². The Morgan fingerprint density at radius 3 is 2.48 bits per heavy atom. The lowest BCUT2D eigenvalue weighted by Gasteiger charge is -2.30. The molecule has 0 unspecified atom stereocenters. The van der Waals surface area contributed by atoms with Gasteiger partial charge in [-0.3, -0.25) is 9.59 Å². The second-order valence-electron chi connectivity index (χ2n) is 7.98. The highest BCUT2D eigenvalue weighted by atomic mass is 19.4. The van der Waals surface area contributed by atoms with Crippen LogP contribution in [0, 0.1) is 5.92 Å². The maximum absolute atomic E-state index is 13.1. The molecule has 2 heterocycles. The van der Waals surface area contributed by atoms with Crippen molar-refractivity contribution < 1.29 is 27.5 Å². The quantitative estimate of drug-likeness (QED) is 0.726. The van der Waals surface area contributed by atoms with Gasteiger partial charge in [0, 0.05) is 26.1 Å². The van der Waals surface area contributed by atoms with Crippen molar-refractivity contribution in [2.45, 2.75) is 38.2 Å². The SMILES string of the molecule is O=C(c1ccccc1OC(F)(F)F)N1C[C@H]2CCCC(=O)N(Cc3ccccc3)[C@H]2C1. The molecule has 8 heteroatoms. The van der Waals surface area contributed by atoms with Gasteiger partial charge in [0.25, 0.3) is 5.91 Å². The zero-order chi connectivity index (χ0) is 22.0. The van der Waals surface area contributed by atoms with Gasteiger partial charge in [-0.15, -0.1) is 13.2 Å². The average Bonchev–Trinajstić information content (AvgIpc) is 3.09. The average molecular weight is 432 g/mol. The van der Waals surface area contributed by atoms with Gasteiger partial charge in [0.15, 0.2) is 0 Å². The fourth-order valence-corrected chi connectivity index (χ4v) is 4.51. The number of carbonyl (C=O) groups excluding carboxylic acids is 2. The van der Waals surface area contributed by atoms with Crippen LogP contribution in [-0.4, -0.2) is 47.1 Å². The van der Waals surface area contributed by atoms with Crippen LogP contribution in [0.5, 0.6) is 5.75 Å². The van der Waals surface area contributed by atoms with Gasteiger partial charge in [-0.05, 0) is 36.5 Å². The van der Waals surface area contributed by atoms with Crippen LogP contribution in [0.15, 0.2) is 54.6 Å². The number of halogens is 3. The van der Waals surface area contributed by atoms with Crippen molar-refractivity contribution in [3.63, 3.8) is 0 Å². The van der Waals surface area contributed by atoms with E-state index in [0.717, 1.165) is 24.5 Å². The molecule has 0 spiro atoms. The summed E-state index contributed by atoms with van der Waals surface area (Å²) in [5, 5.41) is 0. The molecule has 2 aliphatic rings. The van der Waals surface area contributed by atoms with Crippen molar-refractivity contribution in [3.05, 3.63) is 65.7 Å². The maximum Gasteiger partial charge on any atom is 0.573 e. The Kier molecular flexibility index (Phi) is 5.89. The Bertz CT molecular complexity index is 949. The van der Waals surface area contributed by atoms with Crippen molar-refractivity contribution >= 4 is 11.8 Å². The van der Waals surface area contributed by atoms with Crippen molar-refractivity contribution in [1.82, 2.24) is 9.80 Å². The van der Waals surface area contributed by atoms with Crippen LogP contribution in [0.4, 0.5) is 13.2 Å². The molecule has 0 radical (unpaired) electrons. The molecule has 2 aromatic carbocycles. The molecule has 2 atom stereocenters. The van der Waals surface area contributed by atoms with Gasteiger partial charge in [0.2, 0.25) is 5.91 Å². The summed E-state index contributed by atoms with van der Waals surface area (Å²) in [6, 6.07) is 14.9. The van der Waals surface area contributed by atoms with Crippen LogP contribution in [0.3, 0.4) is 0 Å². The molecule has 2 aromatic rings. The molecule has 0 aliphatic carbocycles. The second kappa shape index (κ2) is 8.61. The van der Waals surface area contributed by atoms with E-state index in [1.165, 1.54) is 18.2 Å². The summed E-state index contributed by atoms with van der Waals surface area (Å²) in [6.45, 7) is 1.15. The highest BCUT2D eigenvalue weighted by molar-refractivity contribution is 5.97. The summed E-state index contributed by atoms with van der Waals surface area (Å²) in [7, 11) is 0. The van der Waals surface area contributed by atoms with Gasteiger partial charge >= 0.3 is 6.36 Å². The summed E-state index contributed by atoms with van der Waals surface area (Å²) in [6.07, 6.45) is -2.88. The lowest BCUT2D eigenvalue weighted by atomic mass is 9.98. The fourth-order valence-electron chi connectivity index (χ4n) is 4.51. The number of hydrogen-bond acceptors (Lipinski definition) is 3. The molecular formula is C23H23F3N2O3. The number of amides is 2. The first-order valence-corrected chi connectivity index (χ1v) is 10.3. The van der Waals surface area contributed by atoms with E-state index in [-0.39, 0.29) is 23.4 Å². The number of benzene rings is 2. The number of rotatable bonds is 4. The van der Waals surface area contributed by atoms with Crippen LogP contribution in [0.2, 0.25) is 0 Å². The smallest absolute Gasteiger partial charge is 0.405 e. The highest BCUT2D eigenvalue weighted by Crippen LogP contribution is 2.34. The molecule has 0 bridgehead atoms. The van der Waals surface area contributed by atoms with Gasteiger partial charge in [-0.25, -0.2) is 0 Å². The van der Waals surface area contributed by atoms with Crippen molar-refractivity contribution in [3.8, 4) is 5.75 Å². The minimum atomic E-state index is -4.88. The first kappa shape index (κ1) is 21.2. The molecule has 4 rings (SSSR count). The number of hydrogen-bond donors (Lipinski definition) is 0. The standard InChI is InChI=1S/C23H23F3N2O3/c24-23(25,26)31-20-11-5-4-10-18(20)22(30)27-14-17-9-6-12-21(29)28(19(17)15-27)13-16-7-2-1-3-8-16/h1-5,7-8,10-11,17,19H,6,9,12-15H2/t17-,19+/m1/s1. The second-order valence-corrected chi connectivity index (χ2v) is 7.98. The topological polar surface area (TPSA) is 49.9 Å². The lowest BCUT2D eigenvalue weighted by molar-refractivity contribution is -0.274. The normalized spacial score (nSPS) is 21.6.